The quantitative estimate of drug-likeness (QED) is 0.673. The highest BCUT2D eigenvalue weighted by molar-refractivity contribution is 6.34. The van der Waals surface area contributed by atoms with Crippen LogP contribution in [0.15, 0.2) is 18.2 Å². The van der Waals surface area contributed by atoms with Crippen LogP contribution in [0.4, 0.5) is 10.5 Å². The van der Waals surface area contributed by atoms with Crippen LogP contribution in [0.2, 0.25) is 5.02 Å². The molecule has 0 bridgehead atoms. The van der Waals surface area contributed by atoms with Crippen molar-refractivity contribution in [2.24, 2.45) is 5.92 Å². The molecule has 1 aromatic carbocycles. The molecular formula is C20H31ClN4O3. The van der Waals surface area contributed by atoms with Crippen LogP contribution >= 0.6 is 11.6 Å². The lowest BCUT2D eigenvalue weighted by Gasteiger charge is -2.40. The van der Waals surface area contributed by atoms with Gasteiger partial charge in [-0.15, -0.1) is 0 Å². The van der Waals surface area contributed by atoms with Crippen molar-refractivity contribution in [3.63, 3.8) is 0 Å². The van der Waals surface area contributed by atoms with Gasteiger partial charge in [0.05, 0.1) is 16.7 Å². The van der Waals surface area contributed by atoms with E-state index in [0.717, 1.165) is 6.54 Å². The number of amides is 3. The Kier molecular flexibility index (Phi) is 8.10. The van der Waals surface area contributed by atoms with E-state index in [1.54, 1.807) is 30.0 Å². The number of aliphatic hydroxyl groups is 1. The lowest BCUT2D eigenvalue weighted by atomic mass is 10.1. The molecule has 156 valence electrons. The molecule has 8 heteroatoms. The Labute approximate surface area is 172 Å². The maximum Gasteiger partial charge on any atom is 0.321 e. The largest absolute Gasteiger partial charge is 0.392 e. The number of aliphatic hydroxyl groups excluding tert-OH is 1. The molecule has 1 aliphatic heterocycles. The number of carbonyl (C=O) groups is 2. The summed E-state index contributed by atoms with van der Waals surface area (Å²) in [7, 11) is 0. The molecule has 7 nitrogen and oxygen atoms in total. The summed E-state index contributed by atoms with van der Waals surface area (Å²) in [5, 5.41) is 15.5. The monoisotopic (exact) mass is 410 g/mol. The summed E-state index contributed by atoms with van der Waals surface area (Å²) in [6.45, 7) is 10.9. The summed E-state index contributed by atoms with van der Waals surface area (Å²) in [4.78, 5) is 28.7. The van der Waals surface area contributed by atoms with Gasteiger partial charge in [-0.05, 0) is 38.0 Å². The predicted molar refractivity (Wildman–Crippen MR) is 112 cm³/mol. The van der Waals surface area contributed by atoms with E-state index < -0.39 is 0 Å². The second-order valence-corrected chi connectivity index (χ2v) is 8.27. The molecular weight excluding hydrogens is 380 g/mol. The molecule has 1 saturated heterocycles. The third-order valence-electron chi connectivity index (χ3n) is 4.69. The fourth-order valence-electron chi connectivity index (χ4n) is 3.16. The number of β-amino-alcohol motifs (C(OH)–C–C–N with tert-alkyl or cyclic N) is 1. The summed E-state index contributed by atoms with van der Waals surface area (Å²) < 4.78 is 0. The Morgan fingerprint density at radius 1 is 1.29 bits per heavy atom. The maximum absolute atomic E-state index is 12.6. The van der Waals surface area contributed by atoms with Crippen molar-refractivity contribution < 1.29 is 14.7 Å². The number of nitrogens with one attached hydrogen (secondary N) is 2. The van der Waals surface area contributed by atoms with Crippen LogP contribution in [-0.4, -0.2) is 71.7 Å². The van der Waals surface area contributed by atoms with E-state index in [4.69, 9.17) is 11.6 Å². The highest BCUT2D eigenvalue weighted by atomic mass is 35.5. The van der Waals surface area contributed by atoms with Crippen LogP contribution in [0.3, 0.4) is 0 Å². The molecule has 2 rings (SSSR count). The Hall–Kier alpha value is -1.83. The van der Waals surface area contributed by atoms with Gasteiger partial charge in [-0.1, -0.05) is 25.4 Å². The Balaban J connectivity index is 1.94. The zero-order valence-electron chi connectivity index (χ0n) is 17.0. The minimum Gasteiger partial charge on any atom is -0.392 e. The van der Waals surface area contributed by atoms with Gasteiger partial charge in [0.15, 0.2) is 0 Å². The summed E-state index contributed by atoms with van der Waals surface area (Å²) in [5.41, 5.74) is 0.940. The van der Waals surface area contributed by atoms with Gasteiger partial charge in [-0.2, -0.15) is 0 Å². The molecule has 1 heterocycles. The van der Waals surface area contributed by atoms with Gasteiger partial charge in [0, 0.05) is 44.5 Å². The molecule has 1 aliphatic rings. The zero-order chi connectivity index (χ0) is 20.8. The van der Waals surface area contributed by atoms with Gasteiger partial charge < -0.3 is 20.6 Å². The fraction of sp³-hybridized carbons (Fsp3) is 0.600. The zero-order valence-corrected chi connectivity index (χ0v) is 17.8. The van der Waals surface area contributed by atoms with Gasteiger partial charge in [0.2, 0.25) is 0 Å². The lowest BCUT2D eigenvalue weighted by molar-refractivity contribution is 0.0590. The van der Waals surface area contributed by atoms with Crippen molar-refractivity contribution in [1.82, 2.24) is 15.1 Å². The number of piperazine rings is 1. The molecule has 0 radical (unpaired) electrons. The molecule has 1 fully saturated rings. The van der Waals surface area contributed by atoms with Crippen LogP contribution < -0.4 is 10.6 Å². The van der Waals surface area contributed by atoms with Crippen LogP contribution in [0.5, 0.6) is 0 Å². The molecule has 0 unspecified atom stereocenters. The Bertz CT molecular complexity index is 696. The standard InChI is InChI=1S/C20H31ClN4O3/c1-13(2)10-22-19(27)17-6-5-16(9-18(17)21)23-20(28)25-8-7-24(12-15(4)26)14(3)11-25/h5-6,9,13-15,26H,7-8,10-12H2,1-4H3,(H,22,27)(H,23,28)/t14-,15-/m1/s1. The van der Waals surface area contributed by atoms with E-state index in [1.807, 2.05) is 20.8 Å². The number of benzene rings is 1. The number of halogens is 1. The van der Waals surface area contributed by atoms with Gasteiger partial charge in [-0.3, -0.25) is 9.69 Å². The van der Waals surface area contributed by atoms with E-state index in [0.29, 0.717) is 48.4 Å². The van der Waals surface area contributed by atoms with Crippen molar-refractivity contribution in [1.29, 1.82) is 0 Å². The summed E-state index contributed by atoms with van der Waals surface area (Å²) >= 11 is 6.24. The van der Waals surface area contributed by atoms with Crippen molar-refractivity contribution in [3.05, 3.63) is 28.8 Å². The van der Waals surface area contributed by atoms with Gasteiger partial charge >= 0.3 is 6.03 Å². The van der Waals surface area contributed by atoms with Crippen LogP contribution in [0.25, 0.3) is 0 Å². The Morgan fingerprint density at radius 2 is 2.00 bits per heavy atom. The molecule has 3 N–H and O–H groups in total. The number of anilines is 1. The van der Waals surface area contributed by atoms with E-state index in [2.05, 4.69) is 15.5 Å². The average molecular weight is 411 g/mol. The first-order chi connectivity index (χ1) is 13.2. The van der Waals surface area contributed by atoms with Crippen molar-refractivity contribution in [2.45, 2.75) is 39.8 Å². The number of hydrogen-bond acceptors (Lipinski definition) is 4. The van der Waals surface area contributed by atoms with Crippen LogP contribution in [0, 0.1) is 5.92 Å². The molecule has 0 saturated carbocycles. The van der Waals surface area contributed by atoms with Crippen LogP contribution in [-0.2, 0) is 0 Å². The Morgan fingerprint density at radius 3 is 2.57 bits per heavy atom. The average Bonchev–Trinajstić information content (AvgIpc) is 2.61. The van der Waals surface area contributed by atoms with E-state index in [9.17, 15) is 14.7 Å². The summed E-state index contributed by atoms with van der Waals surface area (Å²) in [6, 6.07) is 4.87. The topological polar surface area (TPSA) is 84.9 Å². The number of rotatable bonds is 6. The van der Waals surface area contributed by atoms with Crippen molar-refractivity contribution >= 4 is 29.2 Å². The van der Waals surface area contributed by atoms with Gasteiger partial charge in [-0.25, -0.2) is 4.79 Å². The minimum atomic E-state index is -0.388. The normalized spacial score (nSPS) is 18.8. The van der Waals surface area contributed by atoms with Gasteiger partial charge in [0.1, 0.15) is 0 Å². The SMILES string of the molecule is CC(C)CNC(=O)c1ccc(NC(=O)N2CCN(C[C@@H](C)O)[C@H](C)C2)cc1Cl. The van der Waals surface area contributed by atoms with E-state index in [1.165, 1.54) is 0 Å². The molecule has 3 amide bonds. The molecule has 0 aromatic heterocycles. The lowest BCUT2D eigenvalue weighted by Crippen LogP contribution is -2.55. The summed E-state index contributed by atoms with van der Waals surface area (Å²) in [5.74, 6) is 0.129. The number of urea groups is 1. The minimum absolute atomic E-state index is 0.171. The molecule has 2 atom stereocenters. The first-order valence-corrected chi connectivity index (χ1v) is 10.1. The maximum atomic E-state index is 12.6. The second kappa shape index (κ2) is 10.1. The second-order valence-electron chi connectivity index (χ2n) is 7.87. The molecule has 0 aliphatic carbocycles. The van der Waals surface area contributed by atoms with Gasteiger partial charge in [0.25, 0.3) is 5.91 Å². The predicted octanol–water partition coefficient (Wildman–Crippen LogP) is 2.64. The van der Waals surface area contributed by atoms with Crippen molar-refractivity contribution in [3.8, 4) is 0 Å². The fourth-order valence-corrected chi connectivity index (χ4v) is 3.43. The van der Waals surface area contributed by atoms with Crippen LogP contribution in [0.1, 0.15) is 38.1 Å². The highest BCUT2D eigenvalue weighted by Gasteiger charge is 2.27. The van der Waals surface area contributed by atoms with E-state index >= 15 is 0 Å². The third kappa shape index (κ3) is 6.36. The highest BCUT2D eigenvalue weighted by Crippen LogP contribution is 2.22. The molecule has 1 aromatic rings. The van der Waals surface area contributed by atoms with Crippen molar-refractivity contribution in [2.75, 3.05) is 38.0 Å². The molecule has 0 spiro atoms. The first kappa shape index (κ1) is 22.5. The van der Waals surface area contributed by atoms with E-state index in [-0.39, 0.29) is 24.1 Å². The smallest absolute Gasteiger partial charge is 0.321 e. The summed E-state index contributed by atoms with van der Waals surface area (Å²) in [6.07, 6.45) is -0.388. The first-order valence-electron chi connectivity index (χ1n) is 9.73. The number of carbonyl (C=O) groups excluding carboxylic acids is 2. The molecule has 28 heavy (non-hydrogen) atoms. The number of nitrogens with zero attached hydrogens (tertiary/aromatic N) is 2. The number of hydrogen-bond donors (Lipinski definition) is 3. The third-order valence-corrected chi connectivity index (χ3v) is 5.00.